The first-order valence-corrected chi connectivity index (χ1v) is 14.0. The Labute approximate surface area is 251 Å². The van der Waals surface area contributed by atoms with Gasteiger partial charge < -0.3 is 0 Å². The van der Waals surface area contributed by atoms with Crippen LogP contribution in [0.4, 0.5) is 17.1 Å². The fourth-order valence-corrected chi connectivity index (χ4v) is 4.61. The summed E-state index contributed by atoms with van der Waals surface area (Å²) in [6.45, 7) is 0. The van der Waals surface area contributed by atoms with Gasteiger partial charge in [0.1, 0.15) is 0 Å². The van der Waals surface area contributed by atoms with Crippen LogP contribution in [0.2, 0.25) is 0 Å². The molecule has 0 fully saturated rings. The van der Waals surface area contributed by atoms with Gasteiger partial charge in [0.2, 0.25) is 0 Å². The molecule has 0 amide bonds. The smallest absolute Gasteiger partial charge is 0.0812 e. The average molecular weight is 557 g/mol. The zero-order valence-corrected chi connectivity index (χ0v) is 23.3. The minimum Gasteiger partial charge on any atom is -0.255 e. The van der Waals surface area contributed by atoms with E-state index in [4.69, 9.17) is 0 Å². The molecule has 0 aliphatic rings. The third kappa shape index (κ3) is 7.45. The molecular weight excluding hydrogens is 528 g/mol. The summed E-state index contributed by atoms with van der Waals surface area (Å²) in [5.74, 6) is 0.0106. The van der Waals surface area contributed by atoms with E-state index in [1.807, 2.05) is 91.0 Å². The second kappa shape index (κ2) is 13.7. The van der Waals surface area contributed by atoms with Gasteiger partial charge in [-0.15, -0.1) is 0 Å². The number of hydrogen-bond donors (Lipinski definition) is 0. The SMILES string of the molecule is C(=Nc1ccc(C(c2ccc(N=Cc3ccccn3)cc2)c2ccc(N=Cc3ccccn3)cc2)cc1)c1ccccn1. The number of benzene rings is 3. The fourth-order valence-electron chi connectivity index (χ4n) is 4.61. The molecule has 43 heavy (non-hydrogen) atoms. The Bertz CT molecular complexity index is 1590. The summed E-state index contributed by atoms with van der Waals surface area (Å²) in [5, 5.41) is 0. The van der Waals surface area contributed by atoms with Crippen LogP contribution in [-0.2, 0) is 0 Å². The molecular formula is C37H28N6. The Balaban J connectivity index is 1.28. The monoisotopic (exact) mass is 556 g/mol. The van der Waals surface area contributed by atoms with Crippen LogP contribution in [0.25, 0.3) is 0 Å². The van der Waals surface area contributed by atoms with Crippen LogP contribution in [0.15, 0.2) is 161 Å². The van der Waals surface area contributed by atoms with Gasteiger partial charge in [0, 0.05) is 24.5 Å². The van der Waals surface area contributed by atoms with Crippen molar-refractivity contribution >= 4 is 35.7 Å². The molecule has 0 atom stereocenters. The summed E-state index contributed by atoms with van der Waals surface area (Å²) >= 11 is 0. The van der Waals surface area contributed by atoms with E-state index in [-0.39, 0.29) is 5.92 Å². The normalized spacial score (nSPS) is 12.3. The van der Waals surface area contributed by atoms with Crippen LogP contribution in [0.5, 0.6) is 0 Å². The topological polar surface area (TPSA) is 75.8 Å². The summed E-state index contributed by atoms with van der Waals surface area (Å²) < 4.78 is 0. The highest BCUT2D eigenvalue weighted by Gasteiger charge is 2.17. The maximum Gasteiger partial charge on any atom is 0.0812 e. The number of pyridine rings is 3. The van der Waals surface area contributed by atoms with Crippen LogP contribution < -0.4 is 0 Å². The predicted molar refractivity (Wildman–Crippen MR) is 175 cm³/mol. The molecule has 0 radical (unpaired) electrons. The molecule has 6 rings (SSSR count). The molecule has 0 unspecified atom stereocenters. The van der Waals surface area contributed by atoms with Crippen molar-refractivity contribution in [1.29, 1.82) is 0 Å². The Morgan fingerprint density at radius 2 is 0.674 bits per heavy atom. The molecule has 0 bridgehead atoms. The Morgan fingerprint density at radius 1 is 0.372 bits per heavy atom. The maximum atomic E-state index is 4.61. The standard InChI is InChI=1S/C37H28N6/c1-4-22-38-34(7-1)25-41-31-16-10-28(11-17-31)37(29-12-18-32(19-13-29)42-26-35-8-2-5-23-39-35)30-14-20-33(21-15-30)43-27-36-9-3-6-24-40-36/h1-27,37H. The van der Waals surface area contributed by atoms with E-state index in [0.717, 1.165) is 50.8 Å². The first-order valence-electron chi connectivity index (χ1n) is 14.0. The van der Waals surface area contributed by atoms with Crippen LogP contribution in [0, 0.1) is 0 Å². The van der Waals surface area contributed by atoms with E-state index in [1.54, 1.807) is 37.2 Å². The van der Waals surface area contributed by atoms with Crippen molar-refractivity contribution in [3.63, 3.8) is 0 Å². The summed E-state index contributed by atoms with van der Waals surface area (Å²) in [6, 6.07) is 42.4. The van der Waals surface area contributed by atoms with Gasteiger partial charge in [-0.05, 0) is 89.5 Å². The molecule has 206 valence electrons. The van der Waals surface area contributed by atoms with E-state index in [9.17, 15) is 0 Å². The van der Waals surface area contributed by atoms with Gasteiger partial charge in [-0.3, -0.25) is 29.9 Å². The molecule has 3 aromatic heterocycles. The van der Waals surface area contributed by atoms with Crippen molar-refractivity contribution in [3.8, 4) is 0 Å². The number of aliphatic imine (C=N–C) groups is 3. The fraction of sp³-hybridized carbons (Fsp3) is 0.0270. The Kier molecular flexibility index (Phi) is 8.67. The summed E-state index contributed by atoms with van der Waals surface area (Å²) in [7, 11) is 0. The van der Waals surface area contributed by atoms with Gasteiger partial charge in [-0.2, -0.15) is 0 Å². The largest absolute Gasteiger partial charge is 0.255 e. The van der Waals surface area contributed by atoms with Gasteiger partial charge in [-0.1, -0.05) is 54.6 Å². The van der Waals surface area contributed by atoms with Gasteiger partial charge >= 0.3 is 0 Å². The van der Waals surface area contributed by atoms with Gasteiger partial charge in [0.05, 0.1) is 52.8 Å². The van der Waals surface area contributed by atoms with E-state index >= 15 is 0 Å². The predicted octanol–water partition coefficient (Wildman–Crippen LogP) is 8.30. The molecule has 0 N–H and O–H groups in total. The minimum absolute atomic E-state index is 0.0106. The van der Waals surface area contributed by atoms with Crippen LogP contribution in [0.1, 0.15) is 39.7 Å². The first kappa shape index (κ1) is 27.3. The van der Waals surface area contributed by atoms with Crippen molar-refractivity contribution in [2.75, 3.05) is 0 Å². The third-order valence-electron chi connectivity index (χ3n) is 6.78. The highest BCUT2D eigenvalue weighted by molar-refractivity contribution is 5.80. The van der Waals surface area contributed by atoms with Crippen LogP contribution >= 0.6 is 0 Å². The van der Waals surface area contributed by atoms with Crippen molar-refractivity contribution in [1.82, 2.24) is 15.0 Å². The zero-order valence-electron chi connectivity index (χ0n) is 23.3. The molecule has 0 aliphatic carbocycles. The van der Waals surface area contributed by atoms with E-state index in [1.165, 1.54) is 0 Å². The first-order chi connectivity index (χ1) is 21.3. The van der Waals surface area contributed by atoms with Gasteiger partial charge in [0.15, 0.2) is 0 Å². The average Bonchev–Trinajstić information content (AvgIpc) is 3.09. The van der Waals surface area contributed by atoms with Gasteiger partial charge in [0.25, 0.3) is 0 Å². The number of aromatic nitrogens is 3. The lowest BCUT2D eigenvalue weighted by atomic mass is 9.85. The van der Waals surface area contributed by atoms with Gasteiger partial charge in [-0.25, -0.2) is 0 Å². The lowest BCUT2D eigenvalue weighted by molar-refractivity contribution is 0.977. The van der Waals surface area contributed by atoms with Crippen molar-refractivity contribution < 1.29 is 0 Å². The van der Waals surface area contributed by atoms with E-state index in [0.29, 0.717) is 0 Å². The molecule has 0 saturated heterocycles. The summed E-state index contributed by atoms with van der Waals surface area (Å²) in [4.78, 5) is 26.8. The molecule has 3 aromatic carbocycles. The summed E-state index contributed by atoms with van der Waals surface area (Å²) in [6.07, 6.45) is 10.6. The van der Waals surface area contributed by atoms with Crippen molar-refractivity contribution in [3.05, 3.63) is 180 Å². The third-order valence-corrected chi connectivity index (χ3v) is 6.78. The molecule has 3 heterocycles. The Morgan fingerprint density at radius 3 is 0.930 bits per heavy atom. The van der Waals surface area contributed by atoms with Crippen LogP contribution in [-0.4, -0.2) is 33.6 Å². The molecule has 0 saturated carbocycles. The quantitative estimate of drug-likeness (QED) is 0.133. The number of hydrogen-bond acceptors (Lipinski definition) is 6. The van der Waals surface area contributed by atoms with Crippen molar-refractivity contribution in [2.24, 2.45) is 15.0 Å². The Hall–Kier alpha value is -5.88. The second-order valence-corrected chi connectivity index (χ2v) is 9.75. The van der Waals surface area contributed by atoms with Crippen molar-refractivity contribution in [2.45, 2.75) is 5.92 Å². The zero-order chi connectivity index (χ0) is 29.1. The second-order valence-electron chi connectivity index (χ2n) is 9.75. The number of nitrogens with zero attached hydrogens (tertiary/aromatic N) is 6. The summed E-state index contributed by atoms with van der Waals surface area (Å²) in [5.41, 5.74) is 8.54. The van der Waals surface area contributed by atoms with E-state index in [2.05, 4.69) is 66.3 Å². The lowest BCUT2D eigenvalue weighted by Gasteiger charge is -2.19. The van der Waals surface area contributed by atoms with E-state index < -0.39 is 0 Å². The minimum atomic E-state index is 0.0106. The molecule has 0 spiro atoms. The molecule has 6 aromatic rings. The van der Waals surface area contributed by atoms with Crippen LogP contribution in [0.3, 0.4) is 0 Å². The lowest BCUT2D eigenvalue weighted by Crippen LogP contribution is -2.03. The number of rotatable bonds is 9. The maximum absolute atomic E-state index is 4.61. The highest BCUT2D eigenvalue weighted by atomic mass is 14.8. The molecule has 6 nitrogen and oxygen atoms in total. The molecule has 6 heteroatoms. The highest BCUT2D eigenvalue weighted by Crippen LogP contribution is 2.34. The molecule has 0 aliphatic heterocycles.